The van der Waals surface area contributed by atoms with Gasteiger partial charge in [-0.2, -0.15) is 0 Å². The number of halogens is 1. The molecule has 0 atom stereocenters. The van der Waals surface area contributed by atoms with Gasteiger partial charge in [-0.15, -0.1) is 11.3 Å². The smallest absolute Gasteiger partial charge is 0.216 e. The first-order chi connectivity index (χ1) is 12.4. The van der Waals surface area contributed by atoms with Crippen molar-refractivity contribution in [2.24, 2.45) is 0 Å². The average molecular weight is 406 g/mol. The summed E-state index contributed by atoms with van der Waals surface area (Å²) >= 11 is 7.17. The molecule has 0 aliphatic carbocycles. The molecular formula is C19H16ClNO3S2. The molecule has 0 saturated heterocycles. The van der Waals surface area contributed by atoms with E-state index in [4.69, 9.17) is 11.6 Å². The maximum Gasteiger partial charge on any atom is 0.216 e. The van der Waals surface area contributed by atoms with Gasteiger partial charge in [0.05, 0.1) is 10.6 Å². The van der Waals surface area contributed by atoms with E-state index in [-0.39, 0.29) is 18.1 Å². The number of carbonyl (C=O) groups is 1. The molecule has 3 aromatic rings. The number of nitrogens with one attached hydrogen (secondary N) is 1. The van der Waals surface area contributed by atoms with Crippen molar-refractivity contribution in [3.05, 3.63) is 92.6 Å². The number of thiophene rings is 1. The van der Waals surface area contributed by atoms with Crippen molar-refractivity contribution in [1.29, 1.82) is 0 Å². The summed E-state index contributed by atoms with van der Waals surface area (Å²) in [4.78, 5) is 13.8. The Morgan fingerprint density at radius 2 is 1.77 bits per heavy atom. The summed E-state index contributed by atoms with van der Waals surface area (Å²) in [6.07, 6.45) is 0. The largest absolute Gasteiger partial charge is 0.288 e. The third kappa shape index (κ3) is 5.02. The van der Waals surface area contributed by atoms with Crippen LogP contribution in [0.4, 0.5) is 0 Å². The highest BCUT2D eigenvalue weighted by Crippen LogP contribution is 2.20. The highest BCUT2D eigenvalue weighted by Gasteiger charge is 2.15. The van der Waals surface area contributed by atoms with Gasteiger partial charge in [-0.25, -0.2) is 13.1 Å². The Kier molecular flexibility index (Phi) is 5.88. The van der Waals surface area contributed by atoms with E-state index in [9.17, 15) is 13.2 Å². The molecule has 0 radical (unpaired) electrons. The van der Waals surface area contributed by atoms with Crippen LogP contribution in [0.5, 0.6) is 0 Å². The molecule has 3 rings (SSSR count). The monoisotopic (exact) mass is 405 g/mol. The fraction of sp³-hybridized carbons (Fsp3) is 0.105. The Hall–Kier alpha value is -1.99. The maximum atomic E-state index is 12.4. The molecule has 7 heteroatoms. The summed E-state index contributed by atoms with van der Waals surface area (Å²) in [5.41, 5.74) is 1.23. The van der Waals surface area contributed by atoms with E-state index in [1.54, 1.807) is 48.5 Å². The third-order valence-electron chi connectivity index (χ3n) is 3.63. The van der Waals surface area contributed by atoms with Gasteiger partial charge < -0.3 is 0 Å². The number of hydrogen-bond donors (Lipinski definition) is 1. The van der Waals surface area contributed by atoms with Gasteiger partial charge in [-0.1, -0.05) is 54.1 Å². The molecule has 4 nitrogen and oxygen atoms in total. The Morgan fingerprint density at radius 1 is 1.00 bits per heavy atom. The van der Waals surface area contributed by atoms with Crippen LogP contribution in [0.3, 0.4) is 0 Å². The highest BCUT2D eigenvalue weighted by atomic mass is 35.5. The number of benzene rings is 2. The molecule has 0 unspecified atom stereocenters. The Labute approximate surface area is 161 Å². The van der Waals surface area contributed by atoms with Gasteiger partial charge in [0.25, 0.3) is 0 Å². The van der Waals surface area contributed by atoms with E-state index in [2.05, 4.69) is 4.72 Å². The zero-order valence-corrected chi connectivity index (χ0v) is 16.1. The van der Waals surface area contributed by atoms with Crippen molar-refractivity contribution >= 4 is 38.7 Å². The third-order valence-corrected chi connectivity index (χ3v) is 6.25. The zero-order valence-electron chi connectivity index (χ0n) is 13.7. The molecule has 2 aromatic carbocycles. The number of ketones is 1. The summed E-state index contributed by atoms with van der Waals surface area (Å²) < 4.78 is 27.0. The summed E-state index contributed by atoms with van der Waals surface area (Å²) in [7, 11) is -3.50. The van der Waals surface area contributed by atoms with Gasteiger partial charge in [0, 0.05) is 22.0 Å². The van der Waals surface area contributed by atoms with Crippen molar-refractivity contribution in [2.75, 3.05) is 0 Å². The lowest BCUT2D eigenvalue weighted by atomic mass is 10.1. The van der Waals surface area contributed by atoms with Crippen LogP contribution in [0.25, 0.3) is 0 Å². The summed E-state index contributed by atoms with van der Waals surface area (Å²) in [6.45, 7) is 0.148. The number of sulfonamides is 1. The number of hydrogen-bond acceptors (Lipinski definition) is 4. The normalized spacial score (nSPS) is 11.4. The lowest BCUT2D eigenvalue weighted by Gasteiger charge is -2.06. The zero-order chi connectivity index (χ0) is 18.6. The molecule has 134 valence electrons. The topological polar surface area (TPSA) is 63.2 Å². The van der Waals surface area contributed by atoms with Gasteiger partial charge >= 0.3 is 0 Å². The minimum atomic E-state index is -3.50. The Balaban J connectivity index is 1.63. The molecule has 1 aromatic heterocycles. The number of rotatable bonds is 7. The summed E-state index contributed by atoms with van der Waals surface area (Å²) in [5, 5.41) is 0.500. The first kappa shape index (κ1) is 18.8. The quantitative estimate of drug-likeness (QED) is 0.597. The summed E-state index contributed by atoms with van der Waals surface area (Å²) in [5.74, 6) is -0.210. The van der Waals surface area contributed by atoms with E-state index < -0.39 is 10.0 Å². The molecule has 0 aliphatic rings. The maximum absolute atomic E-state index is 12.4. The van der Waals surface area contributed by atoms with Crippen LogP contribution in [-0.2, 0) is 22.3 Å². The van der Waals surface area contributed by atoms with Gasteiger partial charge in [0.15, 0.2) is 0 Å². The molecule has 0 saturated carbocycles. The van der Waals surface area contributed by atoms with Gasteiger partial charge in [-0.3, -0.25) is 4.79 Å². The van der Waals surface area contributed by atoms with E-state index >= 15 is 0 Å². The van der Waals surface area contributed by atoms with Crippen LogP contribution >= 0.6 is 22.9 Å². The second-order valence-electron chi connectivity index (χ2n) is 5.67. The number of carbonyl (C=O) groups excluding carboxylic acids is 1. The standard InChI is InChI=1S/C19H16ClNO3S2/c20-16-8-4-5-14(11-16)13-26(23,24)21-12-17-9-10-18(25-17)19(22)15-6-2-1-3-7-15/h1-11,21H,12-13H2. The fourth-order valence-electron chi connectivity index (χ4n) is 2.41. The molecule has 0 bridgehead atoms. The second kappa shape index (κ2) is 8.14. The van der Waals surface area contributed by atoms with Crippen LogP contribution < -0.4 is 4.72 Å². The van der Waals surface area contributed by atoms with Crippen molar-refractivity contribution in [3.8, 4) is 0 Å². The SMILES string of the molecule is O=C(c1ccccc1)c1ccc(CNS(=O)(=O)Cc2cccc(Cl)c2)s1. The molecule has 0 fully saturated rings. The van der Waals surface area contributed by atoms with Crippen molar-refractivity contribution in [2.45, 2.75) is 12.3 Å². The molecule has 0 aliphatic heterocycles. The lowest BCUT2D eigenvalue weighted by molar-refractivity contribution is 0.104. The minimum absolute atomic E-state index is 0.0661. The molecule has 26 heavy (non-hydrogen) atoms. The van der Waals surface area contributed by atoms with Crippen LogP contribution in [0.15, 0.2) is 66.7 Å². The first-order valence-electron chi connectivity index (χ1n) is 7.83. The molecule has 0 spiro atoms. The van der Waals surface area contributed by atoms with Gasteiger partial charge in [-0.05, 0) is 29.8 Å². The molecular weight excluding hydrogens is 390 g/mol. The van der Waals surface area contributed by atoms with Crippen LogP contribution in [0.1, 0.15) is 25.7 Å². The van der Waals surface area contributed by atoms with Crippen LogP contribution in [0, 0.1) is 0 Å². The van der Waals surface area contributed by atoms with E-state index in [1.165, 1.54) is 11.3 Å². The fourth-order valence-corrected chi connectivity index (χ4v) is 4.71. The van der Waals surface area contributed by atoms with Crippen molar-refractivity contribution in [1.82, 2.24) is 4.72 Å². The Bertz CT molecular complexity index is 1010. The predicted octanol–water partition coefficient (Wildman–Crippen LogP) is 4.25. The minimum Gasteiger partial charge on any atom is -0.288 e. The Morgan fingerprint density at radius 3 is 2.50 bits per heavy atom. The highest BCUT2D eigenvalue weighted by molar-refractivity contribution is 7.88. The van der Waals surface area contributed by atoms with E-state index in [0.29, 0.717) is 21.0 Å². The van der Waals surface area contributed by atoms with Crippen molar-refractivity contribution < 1.29 is 13.2 Å². The van der Waals surface area contributed by atoms with Crippen LogP contribution in [-0.4, -0.2) is 14.2 Å². The van der Waals surface area contributed by atoms with Crippen molar-refractivity contribution in [3.63, 3.8) is 0 Å². The molecule has 1 N–H and O–H groups in total. The predicted molar refractivity (Wildman–Crippen MR) is 105 cm³/mol. The van der Waals surface area contributed by atoms with Gasteiger partial charge in [0.1, 0.15) is 0 Å². The summed E-state index contributed by atoms with van der Waals surface area (Å²) in [6, 6.07) is 19.2. The van der Waals surface area contributed by atoms with E-state index in [1.807, 2.05) is 18.2 Å². The lowest BCUT2D eigenvalue weighted by Crippen LogP contribution is -2.24. The molecule has 0 amide bonds. The van der Waals surface area contributed by atoms with Crippen LogP contribution in [0.2, 0.25) is 5.02 Å². The van der Waals surface area contributed by atoms with Gasteiger partial charge in [0.2, 0.25) is 15.8 Å². The second-order valence-corrected chi connectivity index (χ2v) is 9.08. The average Bonchev–Trinajstić information content (AvgIpc) is 3.09. The van der Waals surface area contributed by atoms with E-state index in [0.717, 1.165) is 4.88 Å². The first-order valence-corrected chi connectivity index (χ1v) is 10.7. The molecule has 1 heterocycles.